The van der Waals surface area contributed by atoms with E-state index in [1.54, 1.807) is 6.07 Å². The Balaban J connectivity index is 1.41. The van der Waals surface area contributed by atoms with E-state index in [0.29, 0.717) is 10.5 Å². The molecule has 0 saturated heterocycles. The summed E-state index contributed by atoms with van der Waals surface area (Å²) in [7, 11) is 0. The number of benzene rings is 2. The van der Waals surface area contributed by atoms with E-state index in [-0.39, 0.29) is 18.1 Å². The summed E-state index contributed by atoms with van der Waals surface area (Å²) >= 11 is 1.40. The van der Waals surface area contributed by atoms with E-state index in [1.165, 1.54) is 11.3 Å². The van der Waals surface area contributed by atoms with Gasteiger partial charge in [-0.2, -0.15) is 5.10 Å². The van der Waals surface area contributed by atoms with E-state index in [0.717, 1.165) is 21.3 Å². The largest absolute Gasteiger partial charge is 0.342 e. The van der Waals surface area contributed by atoms with Crippen LogP contribution in [0.4, 0.5) is 5.13 Å². The summed E-state index contributed by atoms with van der Waals surface area (Å²) in [6.45, 7) is 1.82. The Hall–Kier alpha value is -3.26. The highest BCUT2D eigenvalue weighted by Crippen LogP contribution is 2.27. The Labute approximate surface area is 152 Å². The predicted molar refractivity (Wildman–Crippen MR) is 101 cm³/mol. The van der Waals surface area contributed by atoms with Crippen molar-refractivity contribution in [2.45, 2.75) is 6.92 Å². The number of rotatable bonds is 4. The average Bonchev–Trinajstić information content (AvgIpc) is 3.24. The maximum atomic E-state index is 12.3. The van der Waals surface area contributed by atoms with Gasteiger partial charge in [0.1, 0.15) is 0 Å². The fraction of sp³-hybridized carbons (Fsp3) is 0.111. The molecule has 3 N–H and O–H groups in total. The highest BCUT2D eigenvalue weighted by molar-refractivity contribution is 7.22. The van der Waals surface area contributed by atoms with Gasteiger partial charge in [-0.25, -0.2) is 4.98 Å². The number of hydrogen-bond donors (Lipinski definition) is 3. The number of fused-ring (bicyclic) bond motifs is 2. The highest BCUT2D eigenvalue weighted by atomic mass is 32.1. The molecule has 26 heavy (non-hydrogen) atoms. The SMILES string of the molecule is Cc1cccc2sc(NC(=O)CNC(=O)c3n[nH]c4ccccc34)nc12. The summed E-state index contributed by atoms with van der Waals surface area (Å²) in [5.41, 5.74) is 2.97. The molecule has 0 radical (unpaired) electrons. The second kappa shape index (κ2) is 6.57. The zero-order chi connectivity index (χ0) is 18.1. The lowest BCUT2D eigenvalue weighted by molar-refractivity contribution is -0.115. The smallest absolute Gasteiger partial charge is 0.272 e. The zero-order valence-corrected chi connectivity index (χ0v) is 14.7. The minimum Gasteiger partial charge on any atom is -0.342 e. The molecule has 0 fully saturated rings. The summed E-state index contributed by atoms with van der Waals surface area (Å²) in [6, 6.07) is 13.2. The number of aromatic amines is 1. The fourth-order valence-electron chi connectivity index (χ4n) is 2.68. The number of nitrogens with zero attached hydrogens (tertiary/aromatic N) is 2. The number of carbonyl (C=O) groups excluding carboxylic acids is 2. The molecule has 0 spiro atoms. The van der Waals surface area contributed by atoms with Crippen molar-refractivity contribution in [3.63, 3.8) is 0 Å². The van der Waals surface area contributed by atoms with Crippen LogP contribution < -0.4 is 10.6 Å². The first-order valence-corrected chi connectivity index (χ1v) is 8.81. The first-order valence-electron chi connectivity index (χ1n) is 7.99. The minimum atomic E-state index is -0.405. The zero-order valence-electron chi connectivity index (χ0n) is 13.9. The molecule has 0 unspecified atom stereocenters. The van der Waals surface area contributed by atoms with E-state index in [1.807, 2.05) is 43.3 Å². The van der Waals surface area contributed by atoms with E-state index < -0.39 is 5.91 Å². The van der Waals surface area contributed by atoms with Crippen molar-refractivity contribution in [2.24, 2.45) is 0 Å². The number of thiazole rings is 1. The molecule has 4 rings (SSSR count). The fourth-order valence-corrected chi connectivity index (χ4v) is 3.64. The van der Waals surface area contributed by atoms with Gasteiger partial charge in [0.15, 0.2) is 10.8 Å². The molecule has 130 valence electrons. The maximum absolute atomic E-state index is 12.3. The molecule has 2 heterocycles. The molecular formula is C18H15N5O2S. The summed E-state index contributed by atoms with van der Waals surface area (Å²) in [5.74, 6) is -0.743. The molecule has 4 aromatic rings. The molecule has 0 bridgehead atoms. The first-order chi connectivity index (χ1) is 12.6. The summed E-state index contributed by atoms with van der Waals surface area (Å²) in [4.78, 5) is 28.8. The van der Waals surface area contributed by atoms with Gasteiger partial charge >= 0.3 is 0 Å². The van der Waals surface area contributed by atoms with Gasteiger partial charge in [-0.05, 0) is 24.6 Å². The van der Waals surface area contributed by atoms with Crippen molar-refractivity contribution < 1.29 is 9.59 Å². The lowest BCUT2D eigenvalue weighted by atomic mass is 10.2. The lowest BCUT2D eigenvalue weighted by Crippen LogP contribution is -2.33. The van der Waals surface area contributed by atoms with Gasteiger partial charge in [-0.15, -0.1) is 0 Å². The van der Waals surface area contributed by atoms with Gasteiger partial charge < -0.3 is 10.6 Å². The van der Waals surface area contributed by atoms with Crippen molar-refractivity contribution in [3.8, 4) is 0 Å². The maximum Gasteiger partial charge on any atom is 0.272 e. The molecule has 2 aromatic heterocycles. The molecule has 7 nitrogen and oxygen atoms in total. The number of hydrogen-bond acceptors (Lipinski definition) is 5. The summed E-state index contributed by atoms with van der Waals surface area (Å²) < 4.78 is 1.01. The molecular weight excluding hydrogens is 350 g/mol. The lowest BCUT2D eigenvalue weighted by Gasteiger charge is -2.03. The van der Waals surface area contributed by atoms with Gasteiger partial charge in [0, 0.05) is 5.39 Å². The van der Waals surface area contributed by atoms with Crippen LogP contribution in [0.15, 0.2) is 42.5 Å². The number of nitrogens with one attached hydrogen (secondary N) is 3. The van der Waals surface area contributed by atoms with Crippen LogP contribution in [0.1, 0.15) is 16.1 Å². The van der Waals surface area contributed by atoms with Gasteiger partial charge in [0.2, 0.25) is 5.91 Å². The number of para-hydroxylation sites is 2. The average molecular weight is 365 g/mol. The van der Waals surface area contributed by atoms with Crippen molar-refractivity contribution >= 4 is 49.4 Å². The quantitative estimate of drug-likeness (QED) is 0.518. The molecule has 0 atom stereocenters. The first kappa shape index (κ1) is 16.2. The third-order valence-corrected chi connectivity index (χ3v) is 4.90. The van der Waals surface area contributed by atoms with E-state index in [2.05, 4.69) is 25.8 Å². The Bertz CT molecular complexity index is 1130. The number of anilines is 1. The van der Waals surface area contributed by atoms with Crippen LogP contribution in [-0.4, -0.2) is 33.5 Å². The Morgan fingerprint density at radius 1 is 1.15 bits per heavy atom. The van der Waals surface area contributed by atoms with Crippen molar-refractivity contribution in [2.75, 3.05) is 11.9 Å². The molecule has 8 heteroatoms. The number of aryl methyl sites for hydroxylation is 1. The number of aromatic nitrogens is 3. The molecule has 0 aliphatic rings. The summed E-state index contributed by atoms with van der Waals surface area (Å²) in [5, 5.41) is 13.3. The van der Waals surface area contributed by atoms with Crippen LogP contribution in [-0.2, 0) is 4.79 Å². The van der Waals surface area contributed by atoms with Crippen LogP contribution in [0.5, 0.6) is 0 Å². The van der Waals surface area contributed by atoms with E-state index >= 15 is 0 Å². The van der Waals surface area contributed by atoms with Crippen LogP contribution in [0.2, 0.25) is 0 Å². The topological polar surface area (TPSA) is 99.8 Å². The van der Waals surface area contributed by atoms with Crippen LogP contribution in [0, 0.1) is 6.92 Å². The normalized spacial score (nSPS) is 11.0. The Kier molecular flexibility index (Phi) is 4.10. The third kappa shape index (κ3) is 3.02. The molecule has 0 aliphatic carbocycles. The Morgan fingerprint density at radius 3 is 2.85 bits per heavy atom. The van der Waals surface area contributed by atoms with Crippen LogP contribution in [0.25, 0.3) is 21.1 Å². The van der Waals surface area contributed by atoms with Crippen molar-refractivity contribution in [1.29, 1.82) is 0 Å². The van der Waals surface area contributed by atoms with Crippen LogP contribution >= 0.6 is 11.3 Å². The number of H-pyrrole nitrogens is 1. The van der Waals surface area contributed by atoms with E-state index in [4.69, 9.17) is 0 Å². The standard InChI is InChI=1S/C18H15N5O2S/c1-10-5-4-8-13-15(10)21-18(26-13)20-14(24)9-19-17(25)16-11-6-2-3-7-12(11)22-23-16/h2-8H,9H2,1H3,(H,19,25)(H,22,23)(H,20,21,24). The second-order valence-electron chi connectivity index (χ2n) is 5.79. The minimum absolute atomic E-state index is 0.158. The molecule has 2 aromatic carbocycles. The van der Waals surface area contributed by atoms with Crippen molar-refractivity contribution in [3.05, 3.63) is 53.7 Å². The number of amides is 2. The number of carbonyl (C=O) groups is 2. The van der Waals surface area contributed by atoms with Gasteiger partial charge in [0.25, 0.3) is 5.91 Å². The second-order valence-corrected chi connectivity index (χ2v) is 6.82. The Morgan fingerprint density at radius 2 is 2.00 bits per heavy atom. The van der Waals surface area contributed by atoms with Crippen LogP contribution in [0.3, 0.4) is 0 Å². The van der Waals surface area contributed by atoms with E-state index in [9.17, 15) is 9.59 Å². The van der Waals surface area contributed by atoms with Crippen molar-refractivity contribution in [1.82, 2.24) is 20.5 Å². The third-order valence-electron chi connectivity index (χ3n) is 3.96. The molecule has 0 saturated carbocycles. The highest BCUT2D eigenvalue weighted by Gasteiger charge is 2.15. The monoisotopic (exact) mass is 365 g/mol. The van der Waals surface area contributed by atoms with Gasteiger partial charge in [0.05, 0.1) is 22.3 Å². The molecule has 0 aliphatic heterocycles. The van der Waals surface area contributed by atoms with Gasteiger partial charge in [-0.3, -0.25) is 14.7 Å². The summed E-state index contributed by atoms with van der Waals surface area (Å²) in [6.07, 6.45) is 0. The molecule has 2 amide bonds. The predicted octanol–water partition coefficient (Wildman–Crippen LogP) is 2.85. The van der Waals surface area contributed by atoms with Gasteiger partial charge in [-0.1, -0.05) is 41.7 Å².